The molecule has 0 bridgehead atoms. The van der Waals surface area contributed by atoms with Crippen molar-refractivity contribution in [2.24, 2.45) is 11.8 Å². The first-order valence-corrected chi connectivity index (χ1v) is 8.00. The summed E-state index contributed by atoms with van der Waals surface area (Å²) < 4.78 is 19.4. The number of para-hydroxylation sites is 1. The van der Waals surface area contributed by atoms with Gasteiger partial charge in [0.2, 0.25) is 5.91 Å². The predicted octanol–water partition coefficient (Wildman–Crippen LogP) is 2.66. The summed E-state index contributed by atoms with van der Waals surface area (Å²) in [6.07, 6.45) is 2.90. The van der Waals surface area contributed by atoms with Crippen LogP contribution in [0.3, 0.4) is 0 Å². The molecular formula is C17H20FNO4. The Labute approximate surface area is 133 Å². The number of nitrogens with one attached hydrogen (secondary N) is 1. The quantitative estimate of drug-likeness (QED) is 0.897. The molecule has 2 N–H and O–H groups in total. The van der Waals surface area contributed by atoms with Gasteiger partial charge >= 0.3 is 5.97 Å². The van der Waals surface area contributed by atoms with Crippen molar-refractivity contribution in [1.29, 1.82) is 0 Å². The van der Waals surface area contributed by atoms with Crippen LogP contribution < -0.4 is 10.1 Å². The van der Waals surface area contributed by atoms with Crippen LogP contribution >= 0.6 is 0 Å². The summed E-state index contributed by atoms with van der Waals surface area (Å²) >= 11 is 0. The molecule has 1 aromatic carbocycles. The Hall–Kier alpha value is -2.11. The molecule has 1 fully saturated rings. The number of hydrogen-bond acceptors (Lipinski definition) is 3. The van der Waals surface area contributed by atoms with Crippen LogP contribution in [0.5, 0.6) is 5.75 Å². The van der Waals surface area contributed by atoms with Crippen LogP contribution in [0.25, 0.3) is 0 Å². The molecule has 1 aliphatic carbocycles. The van der Waals surface area contributed by atoms with E-state index in [9.17, 15) is 14.0 Å². The van der Waals surface area contributed by atoms with Gasteiger partial charge in [0.1, 0.15) is 0 Å². The van der Waals surface area contributed by atoms with E-state index >= 15 is 0 Å². The molecule has 2 aliphatic rings. The molecule has 1 saturated carbocycles. The topological polar surface area (TPSA) is 75.6 Å². The molecule has 1 aliphatic heterocycles. The van der Waals surface area contributed by atoms with Crippen molar-refractivity contribution in [3.8, 4) is 5.75 Å². The third-order valence-electron chi connectivity index (χ3n) is 4.73. The average molecular weight is 321 g/mol. The van der Waals surface area contributed by atoms with Crippen LogP contribution in [-0.4, -0.2) is 23.6 Å². The van der Waals surface area contributed by atoms with Gasteiger partial charge in [-0.2, -0.15) is 0 Å². The van der Waals surface area contributed by atoms with Gasteiger partial charge < -0.3 is 15.2 Å². The summed E-state index contributed by atoms with van der Waals surface area (Å²) in [6.45, 7) is 0.421. The number of ether oxygens (including phenoxy) is 1. The molecule has 0 saturated heterocycles. The lowest BCUT2D eigenvalue weighted by Gasteiger charge is -2.20. The fourth-order valence-electron chi connectivity index (χ4n) is 3.45. The number of amides is 1. The molecule has 3 rings (SSSR count). The minimum atomic E-state index is -0.837. The maximum atomic E-state index is 13.9. The van der Waals surface area contributed by atoms with Crippen LogP contribution in [-0.2, 0) is 9.59 Å². The summed E-state index contributed by atoms with van der Waals surface area (Å²) in [6, 6.07) is 4.43. The highest BCUT2D eigenvalue weighted by Crippen LogP contribution is 2.35. The summed E-state index contributed by atoms with van der Waals surface area (Å²) in [4.78, 5) is 23.5. The molecular weight excluding hydrogens is 301 g/mol. The Kier molecular flexibility index (Phi) is 4.50. The highest BCUT2D eigenvalue weighted by molar-refractivity contribution is 5.81. The van der Waals surface area contributed by atoms with E-state index in [0.29, 0.717) is 37.9 Å². The highest BCUT2D eigenvalue weighted by atomic mass is 19.1. The second-order valence-corrected chi connectivity index (χ2v) is 6.26. The van der Waals surface area contributed by atoms with Gasteiger partial charge in [-0.15, -0.1) is 0 Å². The molecule has 1 heterocycles. The summed E-state index contributed by atoms with van der Waals surface area (Å²) in [5.74, 6) is -1.91. The van der Waals surface area contributed by atoms with Crippen LogP contribution in [0.15, 0.2) is 18.2 Å². The van der Waals surface area contributed by atoms with E-state index in [4.69, 9.17) is 9.84 Å². The first-order chi connectivity index (χ1) is 11.1. The molecule has 3 atom stereocenters. The Balaban J connectivity index is 1.72. The number of halogens is 1. The SMILES string of the molecule is O=C(O)[C@@H]1CC[C@H](C(=O)NC2CCCOc3c(F)cccc32)C1. The Morgan fingerprint density at radius 2 is 2.00 bits per heavy atom. The fraction of sp³-hybridized carbons (Fsp3) is 0.529. The zero-order chi connectivity index (χ0) is 16.4. The van der Waals surface area contributed by atoms with Gasteiger partial charge in [0.25, 0.3) is 0 Å². The first-order valence-electron chi connectivity index (χ1n) is 8.00. The zero-order valence-electron chi connectivity index (χ0n) is 12.8. The van der Waals surface area contributed by atoms with E-state index in [0.717, 1.165) is 6.42 Å². The van der Waals surface area contributed by atoms with Crippen molar-refractivity contribution in [2.75, 3.05) is 6.61 Å². The summed E-state index contributed by atoms with van der Waals surface area (Å²) in [5, 5.41) is 12.0. The van der Waals surface area contributed by atoms with E-state index in [2.05, 4.69) is 5.32 Å². The van der Waals surface area contributed by atoms with Crippen molar-refractivity contribution >= 4 is 11.9 Å². The third-order valence-corrected chi connectivity index (χ3v) is 4.73. The van der Waals surface area contributed by atoms with Gasteiger partial charge in [-0.3, -0.25) is 9.59 Å². The first kappa shape index (κ1) is 15.8. The lowest BCUT2D eigenvalue weighted by molar-refractivity contribution is -0.141. The van der Waals surface area contributed by atoms with Crippen LogP contribution in [0.1, 0.15) is 43.7 Å². The Bertz CT molecular complexity index is 619. The minimum absolute atomic E-state index is 0.143. The largest absolute Gasteiger partial charge is 0.490 e. The van der Waals surface area contributed by atoms with E-state index in [-0.39, 0.29) is 23.6 Å². The maximum absolute atomic E-state index is 13.9. The molecule has 1 amide bonds. The van der Waals surface area contributed by atoms with Gasteiger partial charge in [0, 0.05) is 11.5 Å². The maximum Gasteiger partial charge on any atom is 0.306 e. The molecule has 5 nitrogen and oxygen atoms in total. The van der Waals surface area contributed by atoms with Crippen molar-refractivity contribution in [2.45, 2.75) is 38.1 Å². The Morgan fingerprint density at radius 1 is 1.22 bits per heavy atom. The second kappa shape index (κ2) is 6.56. The molecule has 0 radical (unpaired) electrons. The number of carbonyl (C=O) groups is 2. The van der Waals surface area contributed by atoms with Gasteiger partial charge in [-0.25, -0.2) is 4.39 Å². The van der Waals surface area contributed by atoms with E-state index in [1.54, 1.807) is 12.1 Å². The Morgan fingerprint density at radius 3 is 2.74 bits per heavy atom. The van der Waals surface area contributed by atoms with Crippen molar-refractivity contribution in [3.63, 3.8) is 0 Å². The molecule has 6 heteroatoms. The van der Waals surface area contributed by atoms with Crippen LogP contribution in [0.2, 0.25) is 0 Å². The van der Waals surface area contributed by atoms with E-state index in [1.165, 1.54) is 6.07 Å². The number of aliphatic carboxylic acids is 1. The number of carboxylic acid groups (broad SMARTS) is 1. The summed E-state index contributed by atoms with van der Waals surface area (Å²) in [7, 11) is 0. The molecule has 1 aromatic rings. The van der Waals surface area contributed by atoms with E-state index < -0.39 is 17.7 Å². The lowest BCUT2D eigenvalue weighted by atomic mass is 9.99. The number of hydrogen-bond donors (Lipinski definition) is 2. The molecule has 1 unspecified atom stereocenters. The van der Waals surface area contributed by atoms with E-state index in [1.807, 2.05) is 0 Å². The lowest BCUT2D eigenvalue weighted by Crippen LogP contribution is -2.33. The van der Waals surface area contributed by atoms with Crippen molar-refractivity contribution in [1.82, 2.24) is 5.32 Å². The highest BCUT2D eigenvalue weighted by Gasteiger charge is 2.35. The summed E-state index contributed by atoms with van der Waals surface area (Å²) in [5.41, 5.74) is 0.656. The van der Waals surface area contributed by atoms with Gasteiger partial charge in [-0.05, 0) is 38.2 Å². The average Bonchev–Trinajstić information content (AvgIpc) is 2.93. The monoisotopic (exact) mass is 321 g/mol. The number of fused-ring (bicyclic) bond motifs is 1. The number of rotatable bonds is 3. The molecule has 124 valence electrons. The normalized spacial score (nSPS) is 26.7. The van der Waals surface area contributed by atoms with Crippen LogP contribution in [0, 0.1) is 17.7 Å². The minimum Gasteiger partial charge on any atom is -0.490 e. The van der Waals surface area contributed by atoms with Crippen molar-refractivity contribution in [3.05, 3.63) is 29.6 Å². The van der Waals surface area contributed by atoms with Crippen LogP contribution in [0.4, 0.5) is 4.39 Å². The second-order valence-electron chi connectivity index (χ2n) is 6.26. The number of carbonyl (C=O) groups excluding carboxylic acids is 1. The fourth-order valence-corrected chi connectivity index (χ4v) is 3.45. The molecule has 0 aromatic heterocycles. The zero-order valence-corrected chi connectivity index (χ0v) is 12.8. The standard InChI is InChI=1S/C17H20FNO4/c18-13-4-1-3-12-14(5-2-8-23-15(12)13)19-16(20)10-6-7-11(9-10)17(21)22/h1,3-4,10-11,14H,2,5-9H2,(H,19,20)(H,21,22)/t10-,11+,14?/m0/s1. The number of benzene rings is 1. The predicted molar refractivity (Wildman–Crippen MR) is 80.5 cm³/mol. The van der Waals surface area contributed by atoms with Gasteiger partial charge in [0.15, 0.2) is 11.6 Å². The van der Waals surface area contributed by atoms with Gasteiger partial charge in [0.05, 0.1) is 18.6 Å². The third kappa shape index (κ3) is 3.30. The van der Waals surface area contributed by atoms with Crippen molar-refractivity contribution < 1.29 is 23.8 Å². The smallest absolute Gasteiger partial charge is 0.306 e. The van der Waals surface area contributed by atoms with Gasteiger partial charge in [-0.1, -0.05) is 12.1 Å². The number of carboxylic acids is 1. The molecule has 23 heavy (non-hydrogen) atoms. The molecule has 0 spiro atoms.